The maximum absolute atomic E-state index is 5.61. The second kappa shape index (κ2) is 5.29. The number of rotatable bonds is 5. The molecule has 0 saturated carbocycles. The molecule has 0 aliphatic heterocycles. The molecule has 0 aliphatic carbocycles. The van der Waals surface area contributed by atoms with Crippen LogP contribution >= 0.6 is 0 Å². The molecule has 0 aromatic heterocycles. The van der Waals surface area contributed by atoms with Gasteiger partial charge in [0.1, 0.15) is 0 Å². The lowest BCUT2D eigenvalue weighted by Gasteiger charge is -2.24. The van der Waals surface area contributed by atoms with Crippen LogP contribution in [0.15, 0.2) is 24.3 Å². The quantitative estimate of drug-likeness (QED) is 0.805. The fourth-order valence-electron chi connectivity index (χ4n) is 1.72. The first-order chi connectivity index (χ1) is 7.10. The summed E-state index contributed by atoms with van der Waals surface area (Å²) in [5.41, 5.74) is 8.33. The lowest BCUT2D eigenvalue weighted by molar-refractivity contribution is 0.185. The normalized spacial score (nSPS) is 11.7. The molecule has 1 aromatic carbocycles. The number of methoxy groups -OCH3 is 1. The lowest BCUT2D eigenvalue weighted by Crippen LogP contribution is -2.21. The van der Waals surface area contributed by atoms with E-state index in [2.05, 4.69) is 38.1 Å². The zero-order valence-corrected chi connectivity index (χ0v) is 9.92. The first-order valence-electron chi connectivity index (χ1n) is 5.38. The maximum atomic E-state index is 5.61. The molecule has 0 radical (unpaired) electrons. The van der Waals surface area contributed by atoms with Crippen molar-refractivity contribution < 1.29 is 4.74 Å². The van der Waals surface area contributed by atoms with E-state index in [4.69, 9.17) is 10.5 Å². The Labute approximate surface area is 92.4 Å². The first-order valence-corrected chi connectivity index (χ1v) is 5.38. The maximum Gasteiger partial charge on any atom is 0.0713 e. The minimum Gasteiger partial charge on any atom is -0.380 e. The molecule has 0 spiro atoms. The minimum absolute atomic E-state index is 0.167. The highest BCUT2D eigenvalue weighted by Gasteiger charge is 2.18. The summed E-state index contributed by atoms with van der Waals surface area (Å²) in [5, 5.41) is 0. The SMILES string of the molecule is COCc1ccc(C(C)(C)CCN)cc1. The average Bonchev–Trinajstić information content (AvgIpc) is 2.19. The molecule has 15 heavy (non-hydrogen) atoms. The van der Waals surface area contributed by atoms with E-state index >= 15 is 0 Å². The second-order valence-corrected chi connectivity index (χ2v) is 4.55. The molecule has 84 valence electrons. The van der Waals surface area contributed by atoms with E-state index in [1.165, 1.54) is 11.1 Å². The van der Waals surface area contributed by atoms with Crippen LogP contribution in [0.25, 0.3) is 0 Å². The summed E-state index contributed by atoms with van der Waals surface area (Å²) in [6.07, 6.45) is 1.01. The third kappa shape index (κ3) is 3.33. The molecule has 2 N–H and O–H groups in total. The largest absolute Gasteiger partial charge is 0.380 e. The van der Waals surface area contributed by atoms with Crippen molar-refractivity contribution in [2.75, 3.05) is 13.7 Å². The van der Waals surface area contributed by atoms with Gasteiger partial charge in [0, 0.05) is 7.11 Å². The Balaban J connectivity index is 2.78. The standard InChI is InChI=1S/C13H21NO/c1-13(2,8-9-14)12-6-4-11(5-7-12)10-15-3/h4-7H,8-10,14H2,1-3H3. The number of hydrogen-bond donors (Lipinski definition) is 1. The van der Waals surface area contributed by atoms with E-state index in [9.17, 15) is 0 Å². The van der Waals surface area contributed by atoms with Gasteiger partial charge < -0.3 is 10.5 Å². The molecule has 0 saturated heterocycles. The third-order valence-corrected chi connectivity index (χ3v) is 2.82. The number of hydrogen-bond acceptors (Lipinski definition) is 2. The molecule has 0 heterocycles. The molecule has 0 fully saturated rings. The zero-order chi connectivity index (χ0) is 11.3. The van der Waals surface area contributed by atoms with Crippen LogP contribution in [0.2, 0.25) is 0 Å². The Hall–Kier alpha value is -0.860. The number of nitrogens with two attached hydrogens (primary N) is 1. The van der Waals surface area contributed by atoms with Crippen LogP contribution in [0.4, 0.5) is 0 Å². The van der Waals surface area contributed by atoms with Gasteiger partial charge in [0.05, 0.1) is 6.61 Å². The third-order valence-electron chi connectivity index (χ3n) is 2.82. The van der Waals surface area contributed by atoms with Crippen LogP contribution in [0.1, 0.15) is 31.4 Å². The van der Waals surface area contributed by atoms with Gasteiger partial charge >= 0.3 is 0 Å². The summed E-state index contributed by atoms with van der Waals surface area (Å²) >= 11 is 0. The van der Waals surface area contributed by atoms with Crippen LogP contribution in [-0.4, -0.2) is 13.7 Å². The van der Waals surface area contributed by atoms with Crippen LogP contribution < -0.4 is 5.73 Å². The Morgan fingerprint density at radius 1 is 1.20 bits per heavy atom. The molecule has 1 rings (SSSR count). The summed E-state index contributed by atoms with van der Waals surface area (Å²) in [4.78, 5) is 0. The van der Waals surface area contributed by atoms with Crippen LogP contribution in [0.5, 0.6) is 0 Å². The zero-order valence-electron chi connectivity index (χ0n) is 9.92. The average molecular weight is 207 g/mol. The van der Waals surface area contributed by atoms with Crippen molar-refractivity contribution in [3.63, 3.8) is 0 Å². The van der Waals surface area contributed by atoms with Gasteiger partial charge in [-0.05, 0) is 29.5 Å². The summed E-state index contributed by atoms with van der Waals surface area (Å²) < 4.78 is 5.08. The van der Waals surface area contributed by atoms with Crippen molar-refractivity contribution >= 4 is 0 Å². The molecular weight excluding hydrogens is 186 g/mol. The Morgan fingerprint density at radius 3 is 2.27 bits per heavy atom. The molecule has 2 heteroatoms. The summed E-state index contributed by atoms with van der Waals surface area (Å²) in [5.74, 6) is 0. The molecule has 0 bridgehead atoms. The molecular formula is C13H21NO. The lowest BCUT2D eigenvalue weighted by atomic mass is 9.81. The van der Waals surface area contributed by atoms with Gasteiger partial charge in [0.2, 0.25) is 0 Å². The van der Waals surface area contributed by atoms with E-state index in [0.29, 0.717) is 6.61 Å². The molecule has 0 aliphatic rings. The molecule has 0 amide bonds. The van der Waals surface area contributed by atoms with Crippen molar-refractivity contribution in [2.24, 2.45) is 5.73 Å². The highest BCUT2D eigenvalue weighted by atomic mass is 16.5. The monoisotopic (exact) mass is 207 g/mol. The van der Waals surface area contributed by atoms with Gasteiger partial charge in [-0.25, -0.2) is 0 Å². The molecule has 2 nitrogen and oxygen atoms in total. The van der Waals surface area contributed by atoms with Crippen LogP contribution in [0.3, 0.4) is 0 Å². The van der Waals surface area contributed by atoms with Crippen LogP contribution in [-0.2, 0) is 16.8 Å². The highest BCUT2D eigenvalue weighted by Crippen LogP contribution is 2.26. The second-order valence-electron chi connectivity index (χ2n) is 4.55. The molecule has 1 aromatic rings. The van der Waals surface area contributed by atoms with E-state index < -0.39 is 0 Å². The fraction of sp³-hybridized carbons (Fsp3) is 0.538. The summed E-state index contributed by atoms with van der Waals surface area (Å²) in [6.45, 7) is 5.86. The Morgan fingerprint density at radius 2 is 1.80 bits per heavy atom. The van der Waals surface area contributed by atoms with Gasteiger partial charge in [-0.1, -0.05) is 38.1 Å². The number of benzene rings is 1. The van der Waals surface area contributed by atoms with Crippen molar-refractivity contribution in [3.8, 4) is 0 Å². The van der Waals surface area contributed by atoms with Gasteiger partial charge in [-0.2, -0.15) is 0 Å². The van der Waals surface area contributed by atoms with E-state index in [0.717, 1.165) is 13.0 Å². The Bertz CT molecular complexity index is 290. The van der Waals surface area contributed by atoms with E-state index in [1.807, 2.05) is 0 Å². The van der Waals surface area contributed by atoms with Crippen molar-refractivity contribution in [2.45, 2.75) is 32.3 Å². The van der Waals surface area contributed by atoms with E-state index in [1.54, 1.807) is 7.11 Å². The molecule has 0 unspecified atom stereocenters. The minimum atomic E-state index is 0.167. The first kappa shape index (κ1) is 12.2. The summed E-state index contributed by atoms with van der Waals surface area (Å²) in [7, 11) is 1.71. The number of ether oxygens (including phenoxy) is 1. The molecule has 0 atom stereocenters. The predicted octanol–water partition coefficient (Wildman–Crippen LogP) is 2.46. The smallest absolute Gasteiger partial charge is 0.0713 e. The Kier molecular flexibility index (Phi) is 4.30. The van der Waals surface area contributed by atoms with Gasteiger partial charge in [0.15, 0.2) is 0 Å². The van der Waals surface area contributed by atoms with Gasteiger partial charge in [0.25, 0.3) is 0 Å². The van der Waals surface area contributed by atoms with Crippen LogP contribution in [0, 0.1) is 0 Å². The topological polar surface area (TPSA) is 35.2 Å². The van der Waals surface area contributed by atoms with E-state index in [-0.39, 0.29) is 5.41 Å². The van der Waals surface area contributed by atoms with Crippen molar-refractivity contribution in [1.82, 2.24) is 0 Å². The van der Waals surface area contributed by atoms with Crippen molar-refractivity contribution in [1.29, 1.82) is 0 Å². The highest BCUT2D eigenvalue weighted by molar-refractivity contribution is 5.27. The summed E-state index contributed by atoms with van der Waals surface area (Å²) in [6, 6.07) is 8.59. The van der Waals surface area contributed by atoms with Gasteiger partial charge in [-0.15, -0.1) is 0 Å². The predicted molar refractivity (Wildman–Crippen MR) is 63.9 cm³/mol. The van der Waals surface area contributed by atoms with Gasteiger partial charge in [-0.3, -0.25) is 0 Å². The van der Waals surface area contributed by atoms with Crippen molar-refractivity contribution in [3.05, 3.63) is 35.4 Å². The fourth-order valence-corrected chi connectivity index (χ4v) is 1.72.